The Morgan fingerprint density at radius 1 is 1.19 bits per heavy atom. The molecule has 13 heteroatoms. The van der Waals surface area contributed by atoms with Crippen molar-refractivity contribution in [1.82, 2.24) is 24.3 Å². The number of alkyl halides is 3. The molecule has 0 bridgehead atoms. The molecule has 4 aromatic rings. The fourth-order valence-electron chi connectivity index (χ4n) is 5.07. The second kappa shape index (κ2) is 7.75. The number of benzene rings is 1. The van der Waals surface area contributed by atoms with Crippen molar-refractivity contribution in [2.24, 2.45) is 0 Å². The first kappa shape index (κ1) is 22.5. The molecule has 9 nitrogen and oxygen atoms in total. The van der Waals surface area contributed by atoms with E-state index in [2.05, 4.69) is 19.7 Å². The smallest absolute Gasteiger partial charge is 0.403 e. The summed E-state index contributed by atoms with van der Waals surface area (Å²) in [6.45, 7) is 2.20. The largest absolute Gasteiger partial charge is 0.573 e. The van der Waals surface area contributed by atoms with E-state index in [0.29, 0.717) is 33.5 Å². The molecule has 1 saturated heterocycles. The molecule has 0 saturated carbocycles. The summed E-state index contributed by atoms with van der Waals surface area (Å²) in [6.07, 6.45) is -2.33. The van der Waals surface area contributed by atoms with Crippen LogP contribution in [0.15, 0.2) is 30.6 Å². The summed E-state index contributed by atoms with van der Waals surface area (Å²) in [6, 6.07) is 2.90. The molecule has 0 spiro atoms. The van der Waals surface area contributed by atoms with Gasteiger partial charge in [-0.05, 0) is 36.2 Å². The molecular weight excluding hydrogens is 484 g/mol. The first-order valence-corrected chi connectivity index (χ1v) is 11.0. The molecule has 6 rings (SSSR count). The van der Waals surface area contributed by atoms with E-state index in [0.717, 1.165) is 12.1 Å². The van der Waals surface area contributed by atoms with Gasteiger partial charge in [0.25, 0.3) is 5.91 Å². The van der Waals surface area contributed by atoms with Gasteiger partial charge in [0.2, 0.25) is 0 Å². The van der Waals surface area contributed by atoms with Gasteiger partial charge in [0, 0.05) is 13.0 Å². The SMILES string of the molecule is Cc1ncc2c(N)nc3cnc(C(=O)N4CCO[C@@H]5Cc6cc(OC(F)(F)F)c(F)cc6[C@@H]54)cc3n12. The van der Waals surface area contributed by atoms with Crippen molar-refractivity contribution >= 4 is 28.3 Å². The van der Waals surface area contributed by atoms with Crippen molar-refractivity contribution in [3.8, 4) is 5.75 Å². The van der Waals surface area contributed by atoms with Gasteiger partial charge < -0.3 is 20.1 Å². The number of aromatic nitrogens is 4. The summed E-state index contributed by atoms with van der Waals surface area (Å²) in [4.78, 5) is 28.0. The normalized spacial score (nSPS) is 19.5. The maximum absolute atomic E-state index is 14.5. The molecule has 0 unspecified atom stereocenters. The zero-order chi connectivity index (χ0) is 25.4. The van der Waals surface area contributed by atoms with Crippen molar-refractivity contribution in [2.45, 2.75) is 31.9 Å². The molecule has 1 amide bonds. The highest BCUT2D eigenvalue weighted by Gasteiger charge is 2.44. The number of amides is 1. The van der Waals surface area contributed by atoms with E-state index in [9.17, 15) is 22.4 Å². The van der Waals surface area contributed by atoms with Crippen LogP contribution >= 0.6 is 0 Å². The van der Waals surface area contributed by atoms with E-state index in [1.165, 1.54) is 11.1 Å². The molecule has 3 aromatic heterocycles. The minimum atomic E-state index is -5.03. The van der Waals surface area contributed by atoms with Crippen LogP contribution in [0, 0.1) is 12.7 Å². The van der Waals surface area contributed by atoms with Crippen molar-refractivity contribution in [3.05, 3.63) is 59.1 Å². The highest BCUT2D eigenvalue weighted by Crippen LogP contribution is 2.43. The van der Waals surface area contributed by atoms with E-state index in [4.69, 9.17) is 10.5 Å². The van der Waals surface area contributed by atoms with Crippen molar-refractivity contribution < 1.29 is 31.8 Å². The third kappa shape index (κ3) is 3.49. The van der Waals surface area contributed by atoms with Crippen LogP contribution in [-0.2, 0) is 11.2 Å². The number of fused-ring (bicyclic) bond motifs is 6. The number of pyridine rings is 1. The number of morpholine rings is 1. The number of hydrogen-bond donors (Lipinski definition) is 1. The molecule has 2 atom stereocenters. The molecular formula is C23H18F4N6O3. The summed E-state index contributed by atoms with van der Waals surface area (Å²) in [5, 5.41) is 0. The topological polar surface area (TPSA) is 108 Å². The average molecular weight is 502 g/mol. The number of nitrogen functional groups attached to an aromatic ring is 1. The van der Waals surface area contributed by atoms with Crippen LogP contribution in [0.1, 0.15) is 33.5 Å². The Balaban J connectivity index is 1.39. The Morgan fingerprint density at radius 2 is 2.00 bits per heavy atom. The molecule has 1 aliphatic carbocycles. The number of nitrogens with zero attached hydrogens (tertiary/aromatic N) is 5. The number of rotatable bonds is 2. The molecule has 1 aliphatic heterocycles. The van der Waals surface area contributed by atoms with Crippen LogP contribution in [0.4, 0.5) is 23.4 Å². The molecule has 1 aromatic carbocycles. The number of carbonyl (C=O) groups is 1. The van der Waals surface area contributed by atoms with Gasteiger partial charge in [-0.25, -0.2) is 19.3 Å². The first-order chi connectivity index (χ1) is 17.1. The van der Waals surface area contributed by atoms with Gasteiger partial charge in [0.05, 0.1) is 36.7 Å². The fraction of sp³-hybridized carbons (Fsp3) is 0.304. The second-order valence-electron chi connectivity index (χ2n) is 8.67. The molecule has 0 radical (unpaired) electrons. The summed E-state index contributed by atoms with van der Waals surface area (Å²) >= 11 is 0. The molecule has 2 aliphatic rings. The van der Waals surface area contributed by atoms with Crippen LogP contribution in [-0.4, -0.2) is 55.8 Å². The standard InChI is InChI=1S/C23H18F4N6O3/c1-10-29-9-17-21(28)31-15-8-30-14(7-16(15)33(10)17)22(34)32-2-3-35-19-5-11-4-18(36-23(25,26)27)13(24)6-12(11)20(19)32/h4,6-9,19-20H,2-3,5H2,1H3,(H2,28,31)/t19-,20+/m1/s1. The van der Waals surface area contributed by atoms with Gasteiger partial charge in [-0.2, -0.15) is 0 Å². The van der Waals surface area contributed by atoms with Crippen LogP contribution in [0.3, 0.4) is 0 Å². The molecule has 4 heterocycles. The van der Waals surface area contributed by atoms with Gasteiger partial charge >= 0.3 is 6.36 Å². The van der Waals surface area contributed by atoms with E-state index in [1.807, 2.05) is 0 Å². The number of imidazole rings is 1. The predicted octanol–water partition coefficient (Wildman–Crippen LogP) is 3.34. The molecule has 2 N–H and O–H groups in total. The molecule has 36 heavy (non-hydrogen) atoms. The van der Waals surface area contributed by atoms with E-state index < -0.39 is 36.0 Å². The Bertz CT molecular complexity index is 1550. The van der Waals surface area contributed by atoms with Crippen LogP contribution in [0.5, 0.6) is 5.75 Å². The van der Waals surface area contributed by atoms with Gasteiger partial charge in [-0.15, -0.1) is 13.2 Å². The number of nitrogens with two attached hydrogens (primary N) is 1. The summed E-state index contributed by atoms with van der Waals surface area (Å²) < 4.78 is 63.9. The Labute approximate surface area is 200 Å². The van der Waals surface area contributed by atoms with Gasteiger partial charge in [0.1, 0.15) is 28.4 Å². The van der Waals surface area contributed by atoms with Gasteiger partial charge in [-0.3, -0.25) is 9.20 Å². The number of ether oxygens (including phenoxy) is 2. The van der Waals surface area contributed by atoms with Crippen LogP contribution < -0.4 is 10.5 Å². The number of carbonyl (C=O) groups excluding carboxylic acids is 1. The summed E-state index contributed by atoms with van der Waals surface area (Å²) in [5.74, 6) is -1.59. The number of aryl methyl sites for hydroxylation is 1. The summed E-state index contributed by atoms with van der Waals surface area (Å²) in [7, 11) is 0. The lowest BCUT2D eigenvalue weighted by Crippen LogP contribution is -2.46. The number of halogens is 4. The zero-order valence-electron chi connectivity index (χ0n) is 18.7. The van der Waals surface area contributed by atoms with Crippen molar-refractivity contribution in [1.29, 1.82) is 0 Å². The quantitative estimate of drug-likeness (QED) is 0.419. The van der Waals surface area contributed by atoms with E-state index >= 15 is 0 Å². The minimum Gasteiger partial charge on any atom is -0.403 e. The summed E-state index contributed by atoms with van der Waals surface area (Å²) in [5.41, 5.74) is 8.59. The average Bonchev–Trinajstić information content (AvgIpc) is 3.38. The zero-order valence-corrected chi connectivity index (χ0v) is 18.7. The maximum atomic E-state index is 14.5. The molecule has 1 fully saturated rings. The fourth-order valence-corrected chi connectivity index (χ4v) is 5.07. The number of hydrogen-bond acceptors (Lipinski definition) is 7. The Hall–Kier alpha value is -4.00. The van der Waals surface area contributed by atoms with Crippen LogP contribution in [0.25, 0.3) is 16.6 Å². The lowest BCUT2D eigenvalue weighted by atomic mass is 10.0. The second-order valence-corrected chi connectivity index (χ2v) is 8.67. The maximum Gasteiger partial charge on any atom is 0.573 e. The lowest BCUT2D eigenvalue weighted by molar-refractivity contribution is -0.275. The third-order valence-corrected chi connectivity index (χ3v) is 6.54. The van der Waals surface area contributed by atoms with Crippen molar-refractivity contribution in [2.75, 3.05) is 18.9 Å². The monoisotopic (exact) mass is 502 g/mol. The lowest BCUT2D eigenvalue weighted by Gasteiger charge is -2.38. The third-order valence-electron chi connectivity index (χ3n) is 6.54. The highest BCUT2D eigenvalue weighted by molar-refractivity contribution is 5.96. The van der Waals surface area contributed by atoms with E-state index in [-0.39, 0.29) is 31.1 Å². The predicted molar refractivity (Wildman–Crippen MR) is 118 cm³/mol. The van der Waals surface area contributed by atoms with Gasteiger partial charge in [0.15, 0.2) is 11.6 Å². The van der Waals surface area contributed by atoms with Gasteiger partial charge in [-0.1, -0.05) is 0 Å². The highest BCUT2D eigenvalue weighted by atomic mass is 19.4. The Kier molecular flexibility index (Phi) is 4.84. The Morgan fingerprint density at radius 3 is 2.78 bits per heavy atom. The minimum absolute atomic E-state index is 0.120. The first-order valence-electron chi connectivity index (χ1n) is 11.0. The van der Waals surface area contributed by atoms with E-state index in [1.54, 1.807) is 23.6 Å². The molecule has 186 valence electrons. The number of anilines is 1. The van der Waals surface area contributed by atoms with Crippen molar-refractivity contribution in [3.63, 3.8) is 0 Å². The van der Waals surface area contributed by atoms with Crippen LogP contribution in [0.2, 0.25) is 0 Å².